The van der Waals surface area contributed by atoms with E-state index >= 15 is 0 Å². The van der Waals surface area contributed by atoms with E-state index in [4.69, 9.17) is 5.11 Å². The van der Waals surface area contributed by atoms with Crippen molar-refractivity contribution in [1.82, 2.24) is 10.3 Å². The van der Waals surface area contributed by atoms with Crippen LogP contribution in [0.2, 0.25) is 0 Å². The number of nitrogens with one attached hydrogen (secondary N) is 1. The fourth-order valence-corrected chi connectivity index (χ4v) is 3.77. The number of nitrogens with zero attached hydrogens (tertiary/aromatic N) is 1. The van der Waals surface area contributed by atoms with E-state index < -0.39 is 11.9 Å². The second-order valence-electron chi connectivity index (χ2n) is 5.40. The first-order valence-electron chi connectivity index (χ1n) is 6.57. The highest BCUT2D eigenvalue weighted by Crippen LogP contribution is 2.43. The molecule has 0 aliphatic heterocycles. The van der Waals surface area contributed by atoms with Crippen molar-refractivity contribution in [2.45, 2.75) is 37.6 Å². The smallest absolute Gasteiger partial charge is 0.307 e. The van der Waals surface area contributed by atoms with Gasteiger partial charge in [-0.25, -0.2) is 4.98 Å². The lowest BCUT2D eigenvalue weighted by Gasteiger charge is -2.28. The van der Waals surface area contributed by atoms with Gasteiger partial charge in [0.25, 0.3) is 0 Å². The van der Waals surface area contributed by atoms with E-state index in [0.717, 1.165) is 30.7 Å². The second-order valence-corrected chi connectivity index (χ2v) is 6.30. The number of carbonyl (C=O) groups excluding carboxylic acids is 1. The van der Waals surface area contributed by atoms with Crippen molar-refractivity contribution in [3.8, 4) is 0 Å². The monoisotopic (exact) mass is 280 g/mol. The summed E-state index contributed by atoms with van der Waals surface area (Å²) in [6.45, 7) is 0. The zero-order valence-electron chi connectivity index (χ0n) is 10.5. The Kier molecular flexibility index (Phi) is 3.05. The van der Waals surface area contributed by atoms with Crippen molar-refractivity contribution in [2.24, 2.45) is 11.8 Å². The van der Waals surface area contributed by atoms with Crippen molar-refractivity contribution in [3.63, 3.8) is 0 Å². The van der Waals surface area contributed by atoms with E-state index in [1.54, 1.807) is 17.5 Å². The van der Waals surface area contributed by atoms with E-state index in [-0.39, 0.29) is 17.4 Å². The molecule has 0 aromatic carbocycles. The van der Waals surface area contributed by atoms with Crippen LogP contribution in [0.1, 0.15) is 37.1 Å². The SMILES string of the molecule is O=C(NC1(c2nccs2)CCCC1)[C@H]1C[C@H]1C(=O)O. The van der Waals surface area contributed by atoms with Crippen LogP contribution >= 0.6 is 11.3 Å². The van der Waals surface area contributed by atoms with Gasteiger partial charge in [0.15, 0.2) is 0 Å². The third kappa shape index (κ3) is 2.25. The Morgan fingerprint density at radius 1 is 1.37 bits per heavy atom. The number of aromatic nitrogens is 1. The molecular weight excluding hydrogens is 264 g/mol. The first-order valence-corrected chi connectivity index (χ1v) is 7.45. The van der Waals surface area contributed by atoms with E-state index in [1.807, 2.05) is 5.38 Å². The average molecular weight is 280 g/mol. The first kappa shape index (κ1) is 12.6. The number of thiazole rings is 1. The van der Waals surface area contributed by atoms with Gasteiger partial charge in [-0.05, 0) is 19.3 Å². The molecular formula is C13H16N2O3S. The molecule has 5 nitrogen and oxygen atoms in total. The largest absolute Gasteiger partial charge is 0.481 e. The van der Waals surface area contributed by atoms with E-state index in [1.165, 1.54) is 0 Å². The fraction of sp³-hybridized carbons (Fsp3) is 0.615. The number of aliphatic carboxylic acids is 1. The highest BCUT2D eigenvalue weighted by Gasteiger charge is 2.51. The minimum Gasteiger partial charge on any atom is -0.481 e. The molecule has 0 spiro atoms. The highest BCUT2D eigenvalue weighted by atomic mass is 32.1. The molecule has 3 rings (SSSR count). The maximum atomic E-state index is 12.2. The van der Waals surface area contributed by atoms with Crippen LogP contribution < -0.4 is 5.32 Å². The van der Waals surface area contributed by atoms with Gasteiger partial charge in [0.1, 0.15) is 5.01 Å². The Hall–Kier alpha value is -1.43. The molecule has 1 amide bonds. The van der Waals surface area contributed by atoms with Gasteiger partial charge in [-0.15, -0.1) is 11.3 Å². The highest BCUT2D eigenvalue weighted by molar-refractivity contribution is 7.09. The lowest BCUT2D eigenvalue weighted by atomic mass is 9.98. The van der Waals surface area contributed by atoms with Crippen molar-refractivity contribution >= 4 is 23.2 Å². The quantitative estimate of drug-likeness (QED) is 0.880. The fourth-order valence-electron chi connectivity index (χ4n) is 2.92. The van der Waals surface area contributed by atoms with Gasteiger partial charge < -0.3 is 10.4 Å². The minimum atomic E-state index is -0.866. The first-order chi connectivity index (χ1) is 9.12. The molecule has 0 unspecified atom stereocenters. The summed E-state index contributed by atoms with van der Waals surface area (Å²) >= 11 is 1.56. The number of carboxylic acids is 1. The van der Waals surface area contributed by atoms with Gasteiger partial charge >= 0.3 is 5.97 Å². The number of carboxylic acid groups (broad SMARTS) is 1. The summed E-state index contributed by atoms with van der Waals surface area (Å²) in [5.41, 5.74) is -0.350. The number of hydrogen-bond acceptors (Lipinski definition) is 4. The third-order valence-electron chi connectivity index (χ3n) is 4.11. The molecule has 19 heavy (non-hydrogen) atoms. The zero-order chi connectivity index (χ0) is 13.5. The summed E-state index contributed by atoms with van der Waals surface area (Å²) in [5.74, 6) is -1.83. The van der Waals surface area contributed by atoms with Crippen LogP contribution in [-0.4, -0.2) is 22.0 Å². The van der Waals surface area contributed by atoms with Crippen molar-refractivity contribution < 1.29 is 14.7 Å². The molecule has 1 heterocycles. The van der Waals surface area contributed by atoms with E-state index in [2.05, 4.69) is 10.3 Å². The van der Waals surface area contributed by atoms with Crippen LogP contribution in [0.15, 0.2) is 11.6 Å². The lowest BCUT2D eigenvalue weighted by molar-refractivity contribution is -0.140. The molecule has 2 N–H and O–H groups in total. The van der Waals surface area contributed by atoms with Gasteiger partial charge in [0.05, 0.1) is 17.4 Å². The molecule has 6 heteroatoms. The summed E-state index contributed by atoms with van der Waals surface area (Å²) in [7, 11) is 0. The molecule has 2 aliphatic carbocycles. The molecule has 0 saturated heterocycles. The van der Waals surface area contributed by atoms with Gasteiger partial charge in [0.2, 0.25) is 5.91 Å². The number of rotatable bonds is 4. The van der Waals surface area contributed by atoms with Crippen molar-refractivity contribution in [1.29, 1.82) is 0 Å². The van der Waals surface area contributed by atoms with Crippen LogP contribution in [-0.2, 0) is 15.1 Å². The molecule has 2 fully saturated rings. The van der Waals surface area contributed by atoms with Crippen LogP contribution in [0.3, 0.4) is 0 Å². The second kappa shape index (κ2) is 4.59. The molecule has 1 aromatic rings. The molecule has 0 radical (unpaired) electrons. The minimum absolute atomic E-state index is 0.121. The summed E-state index contributed by atoms with van der Waals surface area (Å²) in [6, 6.07) is 0. The standard InChI is InChI=1S/C13H16N2O3S/c16-10(8-7-9(8)11(17)18)15-13(3-1-2-4-13)12-14-5-6-19-12/h5-6,8-9H,1-4,7H2,(H,15,16)(H,17,18)/t8-,9+/m0/s1. The topological polar surface area (TPSA) is 79.3 Å². The third-order valence-corrected chi connectivity index (χ3v) is 5.08. The number of hydrogen-bond donors (Lipinski definition) is 2. The van der Waals surface area contributed by atoms with Gasteiger partial charge in [0, 0.05) is 11.6 Å². The molecule has 2 aliphatic rings. The van der Waals surface area contributed by atoms with Crippen molar-refractivity contribution in [3.05, 3.63) is 16.6 Å². The predicted molar refractivity (Wildman–Crippen MR) is 69.6 cm³/mol. The summed E-state index contributed by atoms with van der Waals surface area (Å²) in [6.07, 6.45) is 6.17. The maximum absolute atomic E-state index is 12.2. The lowest BCUT2D eigenvalue weighted by Crippen LogP contribution is -2.44. The Balaban J connectivity index is 1.73. The molecule has 2 atom stereocenters. The Bertz CT molecular complexity index is 494. The average Bonchev–Trinajstić information content (AvgIpc) is 2.79. The maximum Gasteiger partial charge on any atom is 0.307 e. The Morgan fingerprint density at radius 3 is 2.63 bits per heavy atom. The number of carbonyl (C=O) groups is 2. The molecule has 1 aromatic heterocycles. The summed E-state index contributed by atoms with van der Waals surface area (Å²) < 4.78 is 0. The van der Waals surface area contributed by atoms with Gasteiger partial charge in [-0.1, -0.05) is 12.8 Å². The predicted octanol–water partition coefficient (Wildman–Crippen LogP) is 1.75. The van der Waals surface area contributed by atoms with Crippen LogP contribution in [0.5, 0.6) is 0 Å². The van der Waals surface area contributed by atoms with Gasteiger partial charge in [-0.3, -0.25) is 9.59 Å². The van der Waals surface area contributed by atoms with Crippen LogP contribution in [0.4, 0.5) is 0 Å². The Morgan fingerprint density at radius 2 is 2.11 bits per heavy atom. The van der Waals surface area contributed by atoms with Crippen LogP contribution in [0.25, 0.3) is 0 Å². The van der Waals surface area contributed by atoms with Gasteiger partial charge in [-0.2, -0.15) is 0 Å². The Labute approximate surface area is 115 Å². The summed E-state index contributed by atoms with van der Waals surface area (Å²) in [4.78, 5) is 27.4. The normalized spacial score (nSPS) is 28.0. The summed E-state index contributed by atoms with van der Waals surface area (Å²) in [5, 5.41) is 14.8. The molecule has 2 saturated carbocycles. The zero-order valence-corrected chi connectivity index (χ0v) is 11.3. The number of amides is 1. The van der Waals surface area contributed by atoms with E-state index in [9.17, 15) is 9.59 Å². The van der Waals surface area contributed by atoms with Crippen LogP contribution in [0, 0.1) is 11.8 Å². The van der Waals surface area contributed by atoms with E-state index in [0.29, 0.717) is 6.42 Å². The molecule has 102 valence electrons. The molecule has 0 bridgehead atoms. The van der Waals surface area contributed by atoms with Crippen molar-refractivity contribution in [2.75, 3.05) is 0 Å².